The number of rotatable bonds is 4. The summed E-state index contributed by atoms with van der Waals surface area (Å²) in [6.45, 7) is 6.13. The van der Waals surface area contributed by atoms with Gasteiger partial charge in [0, 0.05) is 18.8 Å². The third-order valence-electron chi connectivity index (χ3n) is 3.35. The van der Waals surface area contributed by atoms with Gasteiger partial charge in [-0.25, -0.2) is 0 Å². The van der Waals surface area contributed by atoms with Crippen LogP contribution in [-0.2, 0) is 9.59 Å². The highest BCUT2D eigenvalue weighted by molar-refractivity contribution is 5.92. The van der Waals surface area contributed by atoms with Crippen LogP contribution in [0.25, 0.3) is 0 Å². The van der Waals surface area contributed by atoms with Crippen LogP contribution in [0.15, 0.2) is 24.3 Å². The van der Waals surface area contributed by atoms with E-state index in [1.807, 2.05) is 29.2 Å². The number of amides is 2. The number of nitrogens with one attached hydrogen (secondary N) is 2. The Bertz CT molecular complexity index is 482. The lowest BCUT2D eigenvalue weighted by Gasteiger charge is -2.25. The third kappa shape index (κ3) is 4.06. The Morgan fingerprint density at radius 1 is 1.35 bits per heavy atom. The van der Waals surface area contributed by atoms with Crippen molar-refractivity contribution in [2.75, 3.05) is 31.5 Å². The van der Waals surface area contributed by atoms with Crippen molar-refractivity contribution in [2.45, 2.75) is 19.8 Å². The van der Waals surface area contributed by atoms with E-state index in [0.717, 1.165) is 5.69 Å². The smallest absolute Gasteiger partial charge is 0.238 e. The van der Waals surface area contributed by atoms with Crippen molar-refractivity contribution in [3.63, 3.8) is 0 Å². The van der Waals surface area contributed by atoms with E-state index in [2.05, 4.69) is 24.5 Å². The molecule has 0 aromatic heterocycles. The maximum Gasteiger partial charge on any atom is 0.238 e. The molecule has 1 fully saturated rings. The monoisotopic (exact) mass is 275 g/mol. The normalized spacial score (nSPS) is 16.1. The zero-order chi connectivity index (χ0) is 14.5. The van der Waals surface area contributed by atoms with Crippen molar-refractivity contribution in [3.8, 4) is 0 Å². The Hall–Kier alpha value is -1.88. The molecule has 1 aromatic carbocycles. The van der Waals surface area contributed by atoms with Crippen LogP contribution in [0.3, 0.4) is 0 Å². The molecule has 0 radical (unpaired) electrons. The van der Waals surface area contributed by atoms with Gasteiger partial charge >= 0.3 is 0 Å². The first kappa shape index (κ1) is 14.5. The standard InChI is InChI=1S/C15H21N3O2/c1-11(2)12-3-5-13(6-4-12)17-15(20)10-18-8-7-16-14(19)9-18/h3-6,11H,7-10H2,1-2H3,(H,16,19)(H,17,20). The molecule has 2 amide bonds. The first-order valence-electron chi connectivity index (χ1n) is 6.93. The van der Waals surface area contributed by atoms with Gasteiger partial charge < -0.3 is 10.6 Å². The summed E-state index contributed by atoms with van der Waals surface area (Å²) < 4.78 is 0. The van der Waals surface area contributed by atoms with E-state index in [9.17, 15) is 9.59 Å². The molecule has 0 spiro atoms. The molecule has 1 aliphatic heterocycles. The molecule has 5 nitrogen and oxygen atoms in total. The van der Waals surface area contributed by atoms with Crippen molar-refractivity contribution < 1.29 is 9.59 Å². The Morgan fingerprint density at radius 2 is 2.05 bits per heavy atom. The van der Waals surface area contributed by atoms with Gasteiger partial charge in [0.25, 0.3) is 0 Å². The number of carbonyl (C=O) groups is 2. The van der Waals surface area contributed by atoms with Crippen LogP contribution in [0, 0.1) is 0 Å². The average Bonchev–Trinajstić information content (AvgIpc) is 2.39. The minimum atomic E-state index is -0.0861. The Balaban J connectivity index is 1.86. The average molecular weight is 275 g/mol. The van der Waals surface area contributed by atoms with Crippen molar-refractivity contribution in [3.05, 3.63) is 29.8 Å². The van der Waals surface area contributed by atoms with Gasteiger partial charge in [-0.3, -0.25) is 14.5 Å². The molecule has 0 unspecified atom stereocenters. The van der Waals surface area contributed by atoms with Crippen LogP contribution in [0.1, 0.15) is 25.3 Å². The minimum absolute atomic E-state index is 0.0228. The van der Waals surface area contributed by atoms with E-state index in [-0.39, 0.29) is 18.4 Å². The molecular formula is C15H21N3O2. The second kappa shape index (κ2) is 6.52. The molecule has 0 atom stereocenters. The van der Waals surface area contributed by atoms with Crippen molar-refractivity contribution in [2.24, 2.45) is 0 Å². The fourth-order valence-corrected chi connectivity index (χ4v) is 2.18. The van der Waals surface area contributed by atoms with Gasteiger partial charge in [0.05, 0.1) is 13.1 Å². The van der Waals surface area contributed by atoms with Gasteiger partial charge in [-0.1, -0.05) is 26.0 Å². The lowest BCUT2D eigenvalue weighted by Crippen LogP contribution is -2.49. The minimum Gasteiger partial charge on any atom is -0.354 e. The maximum absolute atomic E-state index is 11.9. The Morgan fingerprint density at radius 3 is 2.65 bits per heavy atom. The summed E-state index contributed by atoms with van der Waals surface area (Å²) in [7, 11) is 0. The molecule has 1 saturated heterocycles. The Kier molecular flexibility index (Phi) is 4.74. The topological polar surface area (TPSA) is 61.4 Å². The van der Waals surface area contributed by atoms with Gasteiger partial charge in [-0.05, 0) is 23.6 Å². The van der Waals surface area contributed by atoms with E-state index in [0.29, 0.717) is 25.6 Å². The number of carbonyl (C=O) groups excluding carboxylic acids is 2. The van der Waals surface area contributed by atoms with Crippen molar-refractivity contribution in [1.29, 1.82) is 0 Å². The van der Waals surface area contributed by atoms with E-state index in [4.69, 9.17) is 0 Å². The predicted molar refractivity (Wildman–Crippen MR) is 78.6 cm³/mol. The first-order valence-corrected chi connectivity index (χ1v) is 6.93. The lowest BCUT2D eigenvalue weighted by molar-refractivity contribution is -0.125. The largest absolute Gasteiger partial charge is 0.354 e. The number of piperazine rings is 1. The summed E-state index contributed by atoms with van der Waals surface area (Å²) in [5, 5.41) is 5.60. The summed E-state index contributed by atoms with van der Waals surface area (Å²) in [5.41, 5.74) is 2.04. The van der Waals surface area contributed by atoms with Crippen LogP contribution in [0.2, 0.25) is 0 Å². The summed E-state index contributed by atoms with van der Waals surface area (Å²) in [4.78, 5) is 25.0. The molecule has 0 aliphatic carbocycles. The van der Waals surface area contributed by atoms with Gasteiger partial charge in [0.2, 0.25) is 11.8 Å². The zero-order valence-electron chi connectivity index (χ0n) is 12.0. The summed E-state index contributed by atoms with van der Waals surface area (Å²) in [6, 6.07) is 7.87. The van der Waals surface area contributed by atoms with E-state index in [1.165, 1.54) is 5.56 Å². The molecule has 2 N–H and O–H groups in total. The quantitative estimate of drug-likeness (QED) is 0.867. The van der Waals surface area contributed by atoms with Crippen LogP contribution in [-0.4, -0.2) is 42.9 Å². The summed E-state index contributed by atoms with van der Waals surface area (Å²) in [6.07, 6.45) is 0. The number of nitrogens with zero attached hydrogens (tertiary/aromatic N) is 1. The molecule has 20 heavy (non-hydrogen) atoms. The molecule has 2 rings (SSSR count). The lowest BCUT2D eigenvalue weighted by atomic mass is 10.0. The highest BCUT2D eigenvalue weighted by Gasteiger charge is 2.18. The third-order valence-corrected chi connectivity index (χ3v) is 3.35. The zero-order valence-corrected chi connectivity index (χ0v) is 12.0. The van der Waals surface area contributed by atoms with Gasteiger partial charge in [0.15, 0.2) is 0 Å². The van der Waals surface area contributed by atoms with Crippen LogP contribution < -0.4 is 10.6 Å². The van der Waals surface area contributed by atoms with Crippen molar-refractivity contribution in [1.82, 2.24) is 10.2 Å². The molecule has 5 heteroatoms. The molecular weight excluding hydrogens is 254 g/mol. The number of benzene rings is 1. The molecule has 0 bridgehead atoms. The highest BCUT2D eigenvalue weighted by Crippen LogP contribution is 2.17. The molecule has 1 heterocycles. The Labute approximate surface area is 119 Å². The highest BCUT2D eigenvalue weighted by atomic mass is 16.2. The number of anilines is 1. The number of hydrogen-bond acceptors (Lipinski definition) is 3. The van der Waals surface area contributed by atoms with Crippen LogP contribution >= 0.6 is 0 Å². The second-order valence-corrected chi connectivity index (χ2v) is 5.39. The fourth-order valence-electron chi connectivity index (χ4n) is 2.18. The van der Waals surface area contributed by atoms with Gasteiger partial charge in [-0.15, -0.1) is 0 Å². The molecule has 108 valence electrons. The number of hydrogen-bond donors (Lipinski definition) is 2. The van der Waals surface area contributed by atoms with Crippen LogP contribution in [0.5, 0.6) is 0 Å². The van der Waals surface area contributed by atoms with E-state index in [1.54, 1.807) is 0 Å². The molecule has 1 aromatic rings. The van der Waals surface area contributed by atoms with E-state index < -0.39 is 0 Å². The first-order chi connectivity index (χ1) is 9.54. The summed E-state index contributed by atoms with van der Waals surface area (Å²) in [5.74, 6) is 0.369. The SMILES string of the molecule is CC(C)c1ccc(NC(=O)CN2CCNC(=O)C2)cc1. The predicted octanol–water partition coefficient (Wildman–Crippen LogP) is 1.18. The molecule has 1 aliphatic rings. The van der Waals surface area contributed by atoms with E-state index >= 15 is 0 Å². The summed E-state index contributed by atoms with van der Waals surface area (Å²) >= 11 is 0. The fraction of sp³-hybridized carbons (Fsp3) is 0.467. The van der Waals surface area contributed by atoms with Crippen LogP contribution in [0.4, 0.5) is 5.69 Å². The maximum atomic E-state index is 11.9. The van der Waals surface area contributed by atoms with Gasteiger partial charge in [0.1, 0.15) is 0 Å². The second-order valence-electron chi connectivity index (χ2n) is 5.39. The molecule has 0 saturated carbocycles. The van der Waals surface area contributed by atoms with Gasteiger partial charge in [-0.2, -0.15) is 0 Å². The van der Waals surface area contributed by atoms with Crippen molar-refractivity contribution >= 4 is 17.5 Å².